The van der Waals surface area contributed by atoms with Crippen LogP contribution in [0.2, 0.25) is 0 Å². The quantitative estimate of drug-likeness (QED) is 0.268. The van der Waals surface area contributed by atoms with E-state index in [0.29, 0.717) is 44.1 Å². The van der Waals surface area contributed by atoms with Crippen molar-refractivity contribution in [2.24, 2.45) is 0 Å². The molecule has 0 saturated heterocycles. The summed E-state index contributed by atoms with van der Waals surface area (Å²) >= 11 is 1.34. The maximum Gasteiger partial charge on any atom is 0.266 e. The molecule has 0 fully saturated rings. The summed E-state index contributed by atoms with van der Waals surface area (Å²) in [6, 6.07) is 10.1. The number of hydrogen-bond acceptors (Lipinski definition) is 8. The second-order valence-electron chi connectivity index (χ2n) is 9.90. The minimum atomic E-state index is -0.526. The minimum absolute atomic E-state index is 0.140. The van der Waals surface area contributed by atoms with Crippen LogP contribution in [-0.2, 0) is 0 Å². The lowest BCUT2D eigenvalue weighted by Crippen LogP contribution is -2.17. The van der Waals surface area contributed by atoms with E-state index in [-0.39, 0.29) is 23.2 Å². The number of nitrogens with zero attached hydrogens (tertiary/aromatic N) is 6. The second-order valence-corrected chi connectivity index (χ2v) is 10.9. The van der Waals surface area contributed by atoms with Gasteiger partial charge >= 0.3 is 0 Å². The van der Waals surface area contributed by atoms with Crippen molar-refractivity contribution < 1.29 is 13.5 Å². The molecular formula is C29H25F2N7O2S. The van der Waals surface area contributed by atoms with Gasteiger partial charge in [0.05, 0.1) is 28.0 Å². The van der Waals surface area contributed by atoms with E-state index in [2.05, 4.69) is 15.0 Å². The molecule has 6 aromatic rings. The van der Waals surface area contributed by atoms with Crippen molar-refractivity contribution in [1.29, 1.82) is 0 Å². The molecule has 4 heterocycles. The van der Waals surface area contributed by atoms with Crippen molar-refractivity contribution >= 4 is 33.1 Å². The van der Waals surface area contributed by atoms with E-state index in [0.717, 1.165) is 4.88 Å². The summed E-state index contributed by atoms with van der Waals surface area (Å²) < 4.78 is 37.6. The Morgan fingerprint density at radius 1 is 1.02 bits per heavy atom. The van der Waals surface area contributed by atoms with Crippen LogP contribution in [0, 0.1) is 18.6 Å². The van der Waals surface area contributed by atoms with Crippen LogP contribution in [0.3, 0.4) is 0 Å². The van der Waals surface area contributed by atoms with E-state index in [1.165, 1.54) is 46.5 Å². The standard InChI is InChI=1S/C29H25F2N7O2S/c1-14(2)40-22-9-8-18(11-21(22)31)24-23-26(32)34-13-35-27(23)38(36-24)16(4)25-15(3)37-28(39)20(12-33-29(37)41-25)17-6-5-7-19(30)10-17/h5-14,16H,1-4H3,(H2,32,34,35). The molecule has 4 aromatic heterocycles. The first-order chi connectivity index (χ1) is 19.6. The maximum absolute atomic E-state index is 14.9. The lowest BCUT2D eigenvalue weighted by Gasteiger charge is -2.12. The van der Waals surface area contributed by atoms with Crippen molar-refractivity contribution in [1.82, 2.24) is 29.1 Å². The molecule has 41 heavy (non-hydrogen) atoms. The summed E-state index contributed by atoms with van der Waals surface area (Å²) in [5, 5.41) is 5.31. The number of rotatable bonds is 6. The molecule has 0 aliphatic rings. The molecule has 0 aliphatic carbocycles. The van der Waals surface area contributed by atoms with Gasteiger partial charge in [0, 0.05) is 17.5 Å². The summed E-state index contributed by atoms with van der Waals surface area (Å²) in [4.78, 5) is 27.9. The highest BCUT2D eigenvalue weighted by Gasteiger charge is 2.25. The van der Waals surface area contributed by atoms with Crippen LogP contribution < -0.4 is 16.0 Å². The average molecular weight is 574 g/mol. The monoisotopic (exact) mass is 573 g/mol. The molecule has 0 saturated carbocycles. The molecule has 2 aromatic carbocycles. The lowest BCUT2D eigenvalue weighted by atomic mass is 10.1. The lowest BCUT2D eigenvalue weighted by molar-refractivity contribution is 0.231. The fraction of sp³-hybridized carbons (Fsp3) is 0.207. The Morgan fingerprint density at radius 2 is 1.83 bits per heavy atom. The number of benzene rings is 2. The van der Waals surface area contributed by atoms with Crippen LogP contribution in [-0.4, -0.2) is 35.2 Å². The Morgan fingerprint density at radius 3 is 2.56 bits per heavy atom. The van der Waals surface area contributed by atoms with Crippen molar-refractivity contribution in [2.45, 2.75) is 39.8 Å². The number of nitrogen functional groups attached to an aromatic ring is 1. The number of fused-ring (bicyclic) bond motifs is 2. The normalized spacial score (nSPS) is 12.5. The number of aryl methyl sites for hydroxylation is 1. The Kier molecular flexibility index (Phi) is 6.49. The number of ether oxygens (including phenoxy) is 1. The van der Waals surface area contributed by atoms with Crippen LogP contribution in [0.1, 0.15) is 37.4 Å². The first kappa shape index (κ1) is 26.5. The highest BCUT2D eigenvalue weighted by Crippen LogP contribution is 2.37. The molecule has 12 heteroatoms. The molecule has 0 amide bonds. The topological polar surface area (TPSA) is 113 Å². The van der Waals surface area contributed by atoms with Crippen molar-refractivity contribution in [3.05, 3.63) is 87.5 Å². The number of halogens is 2. The Hall–Kier alpha value is -4.71. The molecule has 208 valence electrons. The van der Waals surface area contributed by atoms with Crippen molar-refractivity contribution in [3.8, 4) is 28.1 Å². The summed E-state index contributed by atoms with van der Waals surface area (Å²) in [5.74, 6) is -0.617. The van der Waals surface area contributed by atoms with Gasteiger partial charge in [-0.1, -0.05) is 23.5 Å². The molecule has 1 atom stereocenters. The smallest absolute Gasteiger partial charge is 0.266 e. The molecule has 0 radical (unpaired) electrons. The van der Waals surface area contributed by atoms with Gasteiger partial charge in [-0.25, -0.2) is 28.4 Å². The van der Waals surface area contributed by atoms with Crippen LogP contribution in [0.4, 0.5) is 14.6 Å². The number of hydrogen-bond donors (Lipinski definition) is 1. The Labute approximate surface area is 236 Å². The molecule has 2 N–H and O–H groups in total. The maximum atomic E-state index is 14.9. The van der Waals surface area contributed by atoms with Gasteiger partial charge in [-0.3, -0.25) is 9.20 Å². The number of thiazole rings is 1. The summed E-state index contributed by atoms with van der Waals surface area (Å²) in [5.41, 5.74) is 8.75. The molecule has 1 unspecified atom stereocenters. The molecule has 9 nitrogen and oxygen atoms in total. The second kappa shape index (κ2) is 10.0. The van der Waals surface area contributed by atoms with E-state index >= 15 is 0 Å². The predicted octanol–water partition coefficient (Wildman–Crippen LogP) is 5.80. The van der Waals surface area contributed by atoms with Crippen molar-refractivity contribution in [2.75, 3.05) is 5.73 Å². The van der Waals surface area contributed by atoms with E-state index in [9.17, 15) is 13.6 Å². The van der Waals surface area contributed by atoms with Gasteiger partial charge in [0.1, 0.15) is 23.7 Å². The molecular weight excluding hydrogens is 548 g/mol. The van der Waals surface area contributed by atoms with Gasteiger partial charge in [0.25, 0.3) is 5.56 Å². The summed E-state index contributed by atoms with van der Waals surface area (Å²) in [6.45, 7) is 7.39. The molecule has 0 aliphatic heterocycles. The van der Waals surface area contributed by atoms with Crippen molar-refractivity contribution in [3.63, 3.8) is 0 Å². The first-order valence-corrected chi connectivity index (χ1v) is 13.7. The fourth-order valence-corrected chi connectivity index (χ4v) is 6.03. The van der Waals surface area contributed by atoms with Gasteiger partial charge in [0.15, 0.2) is 22.2 Å². The Balaban J connectivity index is 1.48. The number of nitrogens with two attached hydrogens (primary N) is 1. The number of aromatic nitrogens is 6. The summed E-state index contributed by atoms with van der Waals surface area (Å²) in [7, 11) is 0. The van der Waals surface area contributed by atoms with E-state index < -0.39 is 17.7 Å². The number of anilines is 1. The van der Waals surface area contributed by atoms with E-state index in [1.807, 2.05) is 27.7 Å². The van der Waals surface area contributed by atoms with Gasteiger partial charge < -0.3 is 10.5 Å². The van der Waals surface area contributed by atoms with Crippen LogP contribution in [0.25, 0.3) is 38.4 Å². The zero-order valence-corrected chi connectivity index (χ0v) is 23.4. The summed E-state index contributed by atoms with van der Waals surface area (Å²) in [6.07, 6.45) is 2.63. The predicted molar refractivity (Wildman–Crippen MR) is 154 cm³/mol. The molecule has 0 bridgehead atoms. The highest BCUT2D eigenvalue weighted by atomic mass is 32.1. The van der Waals surface area contributed by atoms with Crippen LogP contribution in [0.5, 0.6) is 5.75 Å². The third-order valence-corrected chi connectivity index (χ3v) is 8.12. The average Bonchev–Trinajstić information content (AvgIpc) is 3.49. The first-order valence-electron chi connectivity index (χ1n) is 12.9. The van der Waals surface area contributed by atoms with Gasteiger partial charge in [-0.2, -0.15) is 5.10 Å². The van der Waals surface area contributed by atoms with Crippen LogP contribution in [0.15, 0.2) is 59.8 Å². The zero-order valence-electron chi connectivity index (χ0n) is 22.6. The molecule has 0 spiro atoms. The third-order valence-electron chi connectivity index (χ3n) is 6.79. The van der Waals surface area contributed by atoms with E-state index in [4.69, 9.17) is 15.6 Å². The molecule has 6 rings (SSSR count). The SMILES string of the molecule is Cc1c(C(C)n2nc(-c3ccc(OC(C)C)c(F)c3)c3c(N)ncnc32)sc2ncc(-c3cccc(F)c3)c(=O)n12. The zero-order chi connectivity index (χ0) is 29.0. The fourth-order valence-electron chi connectivity index (χ4n) is 4.91. The highest BCUT2D eigenvalue weighted by molar-refractivity contribution is 7.17. The van der Waals surface area contributed by atoms with Gasteiger partial charge in [-0.05, 0) is 63.6 Å². The van der Waals surface area contributed by atoms with Gasteiger partial charge in [-0.15, -0.1) is 0 Å². The van der Waals surface area contributed by atoms with Crippen LogP contribution >= 0.6 is 11.3 Å². The largest absolute Gasteiger partial charge is 0.488 e. The third kappa shape index (κ3) is 4.49. The minimum Gasteiger partial charge on any atom is -0.488 e. The van der Waals surface area contributed by atoms with Gasteiger partial charge in [0.2, 0.25) is 0 Å². The Bertz CT molecular complexity index is 2010. The van der Waals surface area contributed by atoms with E-state index in [1.54, 1.807) is 28.9 Å².